The number of nitrogens with zero attached hydrogens (tertiary/aromatic N) is 2. The molecule has 1 aliphatic carbocycles. The fourth-order valence-corrected chi connectivity index (χ4v) is 4.74. The molecule has 2 atom stereocenters. The SMILES string of the molecule is CC(c1ccc2c(c1)CCCC2N(C(=O)O)C(C)(C)C)N1CCCCC1. The summed E-state index contributed by atoms with van der Waals surface area (Å²) in [6.07, 6.45) is 6.17. The maximum absolute atomic E-state index is 12.0. The van der Waals surface area contributed by atoms with Crippen LogP contribution in [0.25, 0.3) is 0 Å². The first-order chi connectivity index (χ1) is 12.3. The third kappa shape index (κ3) is 3.90. The average Bonchev–Trinajstić information content (AvgIpc) is 2.60. The third-order valence-corrected chi connectivity index (χ3v) is 6.11. The van der Waals surface area contributed by atoms with Crippen molar-refractivity contribution in [3.05, 3.63) is 34.9 Å². The minimum absolute atomic E-state index is 0.0319. The van der Waals surface area contributed by atoms with E-state index in [9.17, 15) is 9.90 Å². The van der Waals surface area contributed by atoms with E-state index < -0.39 is 11.6 Å². The van der Waals surface area contributed by atoms with E-state index in [-0.39, 0.29) is 6.04 Å². The number of likely N-dealkylation sites (tertiary alicyclic amines) is 1. The zero-order chi connectivity index (χ0) is 18.9. The monoisotopic (exact) mass is 358 g/mol. The number of fused-ring (bicyclic) bond motifs is 1. The second kappa shape index (κ2) is 7.59. The second-order valence-corrected chi connectivity index (χ2v) is 8.96. The molecule has 1 aromatic carbocycles. The molecule has 144 valence electrons. The highest BCUT2D eigenvalue weighted by molar-refractivity contribution is 5.67. The molecule has 0 saturated carbocycles. The lowest BCUT2D eigenvalue weighted by Gasteiger charge is -2.42. The third-order valence-electron chi connectivity index (χ3n) is 6.11. The summed E-state index contributed by atoms with van der Waals surface area (Å²) < 4.78 is 0. The first-order valence-electron chi connectivity index (χ1n) is 10.2. The molecule has 1 fully saturated rings. The van der Waals surface area contributed by atoms with Gasteiger partial charge in [-0.05, 0) is 89.6 Å². The van der Waals surface area contributed by atoms with E-state index in [1.165, 1.54) is 49.0 Å². The van der Waals surface area contributed by atoms with Gasteiger partial charge in [0, 0.05) is 11.6 Å². The van der Waals surface area contributed by atoms with E-state index in [0.29, 0.717) is 6.04 Å². The molecule has 4 heteroatoms. The molecule has 1 N–H and O–H groups in total. The minimum atomic E-state index is -0.818. The number of hydrogen-bond donors (Lipinski definition) is 1. The van der Waals surface area contributed by atoms with Gasteiger partial charge in [-0.1, -0.05) is 24.6 Å². The van der Waals surface area contributed by atoms with Crippen molar-refractivity contribution in [3.63, 3.8) is 0 Å². The standard InChI is InChI=1S/C22H34N2O2/c1-16(23-13-6-5-7-14-23)17-11-12-19-18(15-17)9-8-10-20(19)24(21(25)26)22(2,3)4/h11-12,15-16,20H,5-10,13-14H2,1-4H3,(H,25,26). The van der Waals surface area contributed by atoms with Crippen LogP contribution >= 0.6 is 0 Å². The Hall–Kier alpha value is -1.55. The van der Waals surface area contributed by atoms with Crippen LogP contribution in [0.5, 0.6) is 0 Å². The molecular weight excluding hydrogens is 324 g/mol. The first kappa shape index (κ1) is 19.2. The molecule has 2 aliphatic rings. The van der Waals surface area contributed by atoms with Gasteiger partial charge in [0.15, 0.2) is 0 Å². The van der Waals surface area contributed by atoms with Crippen LogP contribution in [0.2, 0.25) is 0 Å². The lowest BCUT2D eigenvalue weighted by molar-refractivity contribution is 0.0637. The van der Waals surface area contributed by atoms with Crippen molar-refractivity contribution in [2.75, 3.05) is 13.1 Å². The predicted molar refractivity (Wildman–Crippen MR) is 106 cm³/mol. The van der Waals surface area contributed by atoms with Crippen LogP contribution in [0.1, 0.15) is 88.6 Å². The maximum Gasteiger partial charge on any atom is 0.408 e. The Kier molecular flexibility index (Phi) is 5.61. The van der Waals surface area contributed by atoms with Gasteiger partial charge in [-0.25, -0.2) is 4.79 Å². The number of piperidine rings is 1. The number of rotatable bonds is 3. The van der Waals surface area contributed by atoms with E-state index in [4.69, 9.17) is 0 Å². The normalized spacial score (nSPS) is 22.5. The quantitative estimate of drug-likeness (QED) is 0.788. The summed E-state index contributed by atoms with van der Waals surface area (Å²) in [6.45, 7) is 10.7. The summed E-state index contributed by atoms with van der Waals surface area (Å²) in [5, 5.41) is 9.82. The fraction of sp³-hybridized carbons (Fsp3) is 0.682. The Labute approximate surface area is 158 Å². The van der Waals surface area contributed by atoms with Crippen molar-refractivity contribution in [1.29, 1.82) is 0 Å². The molecular formula is C22H34N2O2. The Bertz CT molecular complexity index is 644. The van der Waals surface area contributed by atoms with Gasteiger partial charge < -0.3 is 5.11 Å². The van der Waals surface area contributed by atoms with Crippen molar-refractivity contribution in [3.8, 4) is 0 Å². The van der Waals surface area contributed by atoms with Gasteiger partial charge in [-0.15, -0.1) is 0 Å². The first-order valence-corrected chi connectivity index (χ1v) is 10.2. The molecule has 0 bridgehead atoms. The van der Waals surface area contributed by atoms with Crippen LogP contribution in [0.15, 0.2) is 18.2 Å². The van der Waals surface area contributed by atoms with Gasteiger partial charge in [0.05, 0.1) is 6.04 Å². The van der Waals surface area contributed by atoms with Gasteiger partial charge in [0.1, 0.15) is 0 Å². The summed E-state index contributed by atoms with van der Waals surface area (Å²) in [7, 11) is 0. The highest BCUT2D eigenvalue weighted by atomic mass is 16.4. The number of aryl methyl sites for hydroxylation is 1. The Balaban J connectivity index is 1.88. The van der Waals surface area contributed by atoms with E-state index in [0.717, 1.165) is 19.3 Å². The highest BCUT2D eigenvalue weighted by Gasteiger charge is 2.36. The summed E-state index contributed by atoms with van der Waals surface area (Å²) in [5.74, 6) is 0. The molecule has 0 radical (unpaired) electrons. The summed E-state index contributed by atoms with van der Waals surface area (Å²) in [6, 6.07) is 7.20. The molecule has 26 heavy (non-hydrogen) atoms. The zero-order valence-corrected chi connectivity index (χ0v) is 16.8. The Morgan fingerprint density at radius 1 is 1.19 bits per heavy atom. The van der Waals surface area contributed by atoms with E-state index in [1.807, 2.05) is 20.8 Å². The van der Waals surface area contributed by atoms with Gasteiger partial charge in [-0.3, -0.25) is 9.80 Å². The molecule has 2 unspecified atom stereocenters. The minimum Gasteiger partial charge on any atom is -0.465 e. The maximum atomic E-state index is 12.0. The number of hydrogen-bond acceptors (Lipinski definition) is 2. The molecule has 0 aromatic heterocycles. The molecule has 1 amide bonds. The largest absolute Gasteiger partial charge is 0.465 e. The smallest absolute Gasteiger partial charge is 0.408 e. The number of benzene rings is 1. The molecule has 0 spiro atoms. The van der Waals surface area contributed by atoms with E-state index >= 15 is 0 Å². The number of carboxylic acid groups (broad SMARTS) is 1. The molecule has 1 heterocycles. The van der Waals surface area contributed by atoms with E-state index in [1.54, 1.807) is 4.90 Å². The lowest BCUT2D eigenvalue weighted by Crippen LogP contribution is -2.48. The predicted octanol–water partition coefficient (Wildman–Crippen LogP) is 5.39. The zero-order valence-electron chi connectivity index (χ0n) is 16.8. The van der Waals surface area contributed by atoms with Crippen molar-refractivity contribution in [2.45, 2.75) is 83.8 Å². The van der Waals surface area contributed by atoms with E-state index in [2.05, 4.69) is 30.0 Å². The van der Waals surface area contributed by atoms with Crippen LogP contribution in [-0.2, 0) is 6.42 Å². The fourth-order valence-electron chi connectivity index (χ4n) is 4.74. The van der Waals surface area contributed by atoms with Crippen LogP contribution in [-0.4, -0.2) is 39.6 Å². The van der Waals surface area contributed by atoms with Crippen molar-refractivity contribution in [2.24, 2.45) is 0 Å². The number of carbonyl (C=O) groups is 1. The number of amides is 1. The van der Waals surface area contributed by atoms with Crippen LogP contribution in [0.3, 0.4) is 0 Å². The summed E-state index contributed by atoms with van der Waals surface area (Å²) in [4.78, 5) is 16.2. The van der Waals surface area contributed by atoms with Gasteiger partial charge in [0.25, 0.3) is 0 Å². The van der Waals surface area contributed by atoms with Crippen molar-refractivity contribution >= 4 is 6.09 Å². The van der Waals surface area contributed by atoms with Crippen molar-refractivity contribution in [1.82, 2.24) is 9.80 Å². The van der Waals surface area contributed by atoms with Crippen LogP contribution < -0.4 is 0 Å². The Morgan fingerprint density at radius 2 is 1.88 bits per heavy atom. The van der Waals surface area contributed by atoms with Gasteiger partial charge >= 0.3 is 6.09 Å². The van der Waals surface area contributed by atoms with Crippen molar-refractivity contribution < 1.29 is 9.90 Å². The molecule has 1 aromatic rings. The van der Waals surface area contributed by atoms with Gasteiger partial charge in [-0.2, -0.15) is 0 Å². The van der Waals surface area contributed by atoms with Gasteiger partial charge in [0.2, 0.25) is 0 Å². The second-order valence-electron chi connectivity index (χ2n) is 8.96. The highest BCUT2D eigenvalue weighted by Crippen LogP contribution is 2.39. The molecule has 4 nitrogen and oxygen atoms in total. The average molecular weight is 359 g/mol. The summed E-state index contributed by atoms with van der Waals surface area (Å²) in [5.41, 5.74) is 3.54. The molecule has 1 aliphatic heterocycles. The Morgan fingerprint density at radius 3 is 2.50 bits per heavy atom. The molecule has 3 rings (SSSR count). The summed E-state index contributed by atoms with van der Waals surface area (Å²) >= 11 is 0. The van der Waals surface area contributed by atoms with Crippen LogP contribution in [0.4, 0.5) is 4.79 Å². The lowest BCUT2D eigenvalue weighted by atomic mass is 9.83. The topological polar surface area (TPSA) is 43.8 Å². The molecule has 1 saturated heterocycles. The van der Waals surface area contributed by atoms with Crippen LogP contribution in [0, 0.1) is 0 Å².